The van der Waals surface area contributed by atoms with E-state index in [1.54, 1.807) is 30.9 Å². The van der Waals surface area contributed by atoms with Crippen LogP contribution in [-0.2, 0) is 0 Å². The van der Waals surface area contributed by atoms with Crippen molar-refractivity contribution in [3.8, 4) is 17.2 Å². The van der Waals surface area contributed by atoms with Gasteiger partial charge in [0, 0.05) is 49.4 Å². The maximum Gasteiger partial charge on any atom is 0.266 e. The number of aromatic amines is 1. The van der Waals surface area contributed by atoms with E-state index in [4.69, 9.17) is 0 Å². The zero-order valence-corrected chi connectivity index (χ0v) is 11.3. The van der Waals surface area contributed by atoms with E-state index in [-0.39, 0.29) is 5.56 Å². The summed E-state index contributed by atoms with van der Waals surface area (Å²) in [5.74, 6) is 0. The van der Waals surface area contributed by atoms with Gasteiger partial charge in [-0.15, -0.1) is 0 Å². The molecule has 0 atom stereocenters. The Balaban J connectivity index is 2.70. The van der Waals surface area contributed by atoms with Crippen LogP contribution in [0, 0.1) is 11.3 Å². The summed E-state index contributed by atoms with van der Waals surface area (Å²) in [5, 5.41) is 9.20. The SMILES string of the molecule is CN(C)C=Cc1c(-c2cccnc2)c[nH]c(=O)c1C#N. The van der Waals surface area contributed by atoms with Crippen LogP contribution in [0.15, 0.2) is 41.7 Å². The number of nitrogens with one attached hydrogen (secondary N) is 1. The normalized spacial score (nSPS) is 10.4. The Labute approximate surface area is 116 Å². The van der Waals surface area contributed by atoms with Gasteiger partial charge in [-0.1, -0.05) is 6.07 Å². The van der Waals surface area contributed by atoms with E-state index in [1.165, 1.54) is 0 Å². The molecule has 0 saturated heterocycles. The lowest BCUT2D eigenvalue weighted by Crippen LogP contribution is -2.12. The number of hydrogen-bond donors (Lipinski definition) is 1. The molecule has 0 aliphatic rings. The molecule has 2 heterocycles. The van der Waals surface area contributed by atoms with Crippen molar-refractivity contribution in [1.29, 1.82) is 5.26 Å². The van der Waals surface area contributed by atoms with E-state index >= 15 is 0 Å². The number of rotatable bonds is 3. The number of nitriles is 1. The number of nitrogens with zero attached hydrogens (tertiary/aromatic N) is 3. The molecule has 2 rings (SSSR count). The first kappa shape index (κ1) is 13.6. The molecule has 2 aromatic rings. The first-order valence-corrected chi connectivity index (χ1v) is 6.04. The van der Waals surface area contributed by atoms with Gasteiger partial charge in [0.25, 0.3) is 5.56 Å². The third kappa shape index (κ3) is 2.75. The maximum absolute atomic E-state index is 11.8. The van der Waals surface area contributed by atoms with Crippen LogP contribution >= 0.6 is 0 Å². The summed E-state index contributed by atoms with van der Waals surface area (Å²) in [4.78, 5) is 20.3. The molecule has 0 radical (unpaired) electrons. The molecule has 5 nitrogen and oxygen atoms in total. The van der Waals surface area contributed by atoms with E-state index < -0.39 is 5.56 Å². The van der Waals surface area contributed by atoms with Crippen molar-refractivity contribution in [3.05, 3.63) is 58.4 Å². The van der Waals surface area contributed by atoms with Crippen molar-refractivity contribution in [3.63, 3.8) is 0 Å². The quantitative estimate of drug-likeness (QED) is 0.920. The van der Waals surface area contributed by atoms with Gasteiger partial charge in [0.2, 0.25) is 0 Å². The van der Waals surface area contributed by atoms with E-state index in [1.807, 2.05) is 37.2 Å². The molecule has 0 aliphatic heterocycles. The second-order valence-corrected chi connectivity index (χ2v) is 4.45. The van der Waals surface area contributed by atoms with Crippen molar-refractivity contribution in [1.82, 2.24) is 14.9 Å². The highest BCUT2D eigenvalue weighted by molar-refractivity contribution is 5.77. The molecule has 0 aromatic carbocycles. The van der Waals surface area contributed by atoms with E-state index in [0.29, 0.717) is 5.56 Å². The average molecular weight is 266 g/mol. The summed E-state index contributed by atoms with van der Waals surface area (Å²) in [6, 6.07) is 5.66. The molecule has 0 saturated carbocycles. The number of pyridine rings is 2. The van der Waals surface area contributed by atoms with Crippen LogP contribution in [-0.4, -0.2) is 29.0 Å². The van der Waals surface area contributed by atoms with Crippen LogP contribution in [0.25, 0.3) is 17.2 Å². The molecule has 0 fully saturated rings. The van der Waals surface area contributed by atoms with Crippen LogP contribution in [0.3, 0.4) is 0 Å². The highest BCUT2D eigenvalue weighted by Gasteiger charge is 2.11. The van der Waals surface area contributed by atoms with Gasteiger partial charge < -0.3 is 9.88 Å². The Morgan fingerprint density at radius 3 is 2.85 bits per heavy atom. The molecule has 0 spiro atoms. The highest BCUT2D eigenvalue weighted by atomic mass is 16.1. The molecule has 1 N–H and O–H groups in total. The lowest BCUT2D eigenvalue weighted by atomic mass is 9.99. The summed E-state index contributed by atoms with van der Waals surface area (Å²) in [5.41, 5.74) is 1.92. The van der Waals surface area contributed by atoms with Gasteiger partial charge >= 0.3 is 0 Å². The first-order valence-electron chi connectivity index (χ1n) is 6.04. The molecular weight excluding hydrogens is 252 g/mol. The van der Waals surface area contributed by atoms with Gasteiger partial charge in [-0.05, 0) is 18.3 Å². The zero-order chi connectivity index (χ0) is 14.5. The van der Waals surface area contributed by atoms with Crippen molar-refractivity contribution in [2.75, 3.05) is 14.1 Å². The van der Waals surface area contributed by atoms with Gasteiger partial charge in [-0.25, -0.2) is 0 Å². The number of H-pyrrole nitrogens is 1. The van der Waals surface area contributed by atoms with Crippen molar-refractivity contribution in [2.45, 2.75) is 0 Å². The highest BCUT2D eigenvalue weighted by Crippen LogP contribution is 2.24. The minimum Gasteiger partial charge on any atom is -0.383 e. The Bertz CT molecular complexity index is 724. The Hall–Kier alpha value is -2.87. The summed E-state index contributed by atoms with van der Waals surface area (Å²) in [6.07, 6.45) is 8.54. The van der Waals surface area contributed by atoms with E-state index in [0.717, 1.165) is 11.1 Å². The summed E-state index contributed by atoms with van der Waals surface area (Å²) in [7, 11) is 3.75. The summed E-state index contributed by atoms with van der Waals surface area (Å²) < 4.78 is 0. The number of aromatic nitrogens is 2. The molecule has 2 aromatic heterocycles. The average Bonchev–Trinajstić information content (AvgIpc) is 2.46. The Kier molecular flexibility index (Phi) is 3.96. The van der Waals surface area contributed by atoms with Crippen LogP contribution in [0.2, 0.25) is 0 Å². The monoisotopic (exact) mass is 266 g/mol. The molecule has 5 heteroatoms. The van der Waals surface area contributed by atoms with Gasteiger partial charge in [0.15, 0.2) is 0 Å². The fourth-order valence-corrected chi connectivity index (χ4v) is 1.81. The summed E-state index contributed by atoms with van der Waals surface area (Å²) in [6.45, 7) is 0. The van der Waals surface area contributed by atoms with E-state index in [2.05, 4.69) is 9.97 Å². The second-order valence-electron chi connectivity index (χ2n) is 4.45. The zero-order valence-electron chi connectivity index (χ0n) is 11.3. The van der Waals surface area contributed by atoms with Crippen LogP contribution in [0.4, 0.5) is 0 Å². The van der Waals surface area contributed by atoms with Gasteiger partial charge in [-0.3, -0.25) is 9.78 Å². The molecule has 0 amide bonds. The molecule has 20 heavy (non-hydrogen) atoms. The Morgan fingerprint density at radius 1 is 1.45 bits per heavy atom. The predicted octanol–water partition coefficient (Wildman–Crippen LogP) is 1.84. The number of hydrogen-bond acceptors (Lipinski definition) is 4. The largest absolute Gasteiger partial charge is 0.383 e. The van der Waals surface area contributed by atoms with Crippen molar-refractivity contribution in [2.24, 2.45) is 0 Å². The van der Waals surface area contributed by atoms with E-state index in [9.17, 15) is 10.1 Å². The molecule has 0 aliphatic carbocycles. The van der Waals surface area contributed by atoms with Crippen LogP contribution < -0.4 is 5.56 Å². The lowest BCUT2D eigenvalue weighted by molar-refractivity contribution is 0.567. The summed E-state index contributed by atoms with van der Waals surface area (Å²) >= 11 is 0. The van der Waals surface area contributed by atoms with Gasteiger partial charge in [0.1, 0.15) is 11.6 Å². The molecule has 0 unspecified atom stereocenters. The smallest absolute Gasteiger partial charge is 0.266 e. The second kappa shape index (κ2) is 5.85. The van der Waals surface area contributed by atoms with Crippen LogP contribution in [0.1, 0.15) is 11.1 Å². The molecular formula is C15H14N4O. The van der Waals surface area contributed by atoms with Crippen LogP contribution in [0.5, 0.6) is 0 Å². The van der Waals surface area contributed by atoms with Gasteiger partial charge in [-0.2, -0.15) is 5.26 Å². The fourth-order valence-electron chi connectivity index (χ4n) is 1.81. The minimum atomic E-state index is -0.390. The van der Waals surface area contributed by atoms with Crippen molar-refractivity contribution < 1.29 is 0 Å². The fraction of sp³-hybridized carbons (Fsp3) is 0.133. The third-order valence-corrected chi connectivity index (χ3v) is 2.76. The Morgan fingerprint density at radius 2 is 2.25 bits per heavy atom. The minimum absolute atomic E-state index is 0.101. The standard InChI is InChI=1S/C15H14N4O/c1-19(2)7-5-12-13(8-16)15(20)18-10-14(12)11-4-3-6-17-9-11/h3-7,9-10H,1-2H3,(H,18,20). The molecule has 0 bridgehead atoms. The van der Waals surface area contributed by atoms with Gasteiger partial charge in [0.05, 0.1) is 0 Å². The maximum atomic E-state index is 11.8. The van der Waals surface area contributed by atoms with Crippen molar-refractivity contribution >= 4 is 6.08 Å². The predicted molar refractivity (Wildman–Crippen MR) is 77.7 cm³/mol. The lowest BCUT2D eigenvalue weighted by Gasteiger charge is -2.09. The molecule has 100 valence electrons. The topological polar surface area (TPSA) is 72.8 Å². The third-order valence-electron chi connectivity index (χ3n) is 2.76. The first-order chi connectivity index (χ1) is 9.63.